The summed E-state index contributed by atoms with van der Waals surface area (Å²) in [5.41, 5.74) is 4.28. The van der Waals surface area contributed by atoms with Gasteiger partial charge in [0.2, 0.25) is 21.8 Å². The number of amides is 2. The summed E-state index contributed by atoms with van der Waals surface area (Å²) >= 11 is 0. The summed E-state index contributed by atoms with van der Waals surface area (Å²) in [6.45, 7) is 6.89. The predicted molar refractivity (Wildman–Crippen MR) is 133 cm³/mol. The number of ether oxygens (including phenoxy) is 2. The van der Waals surface area contributed by atoms with Gasteiger partial charge in [-0.2, -0.15) is 4.31 Å². The Kier molecular flexibility index (Phi) is 8.52. The zero-order chi connectivity index (χ0) is 25.8. The van der Waals surface area contributed by atoms with E-state index in [-0.39, 0.29) is 48.5 Å². The van der Waals surface area contributed by atoms with E-state index in [1.165, 1.54) is 22.4 Å². The number of hydrogen-bond donors (Lipinski definition) is 1. The Morgan fingerprint density at radius 2 is 1.71 bits per heavy atom. The average Bonchev–Trinajstić information content (AvgIpc) is 2.81. The molecule has 0 aliphatic carbocycles. The first-order chi connectivity index (χ1) is 16.5. The molecule has 0 aromatic heterocycles. The lowest BCUT2D eigenvalue weighted by molar-refractivity contribution is -0.132. The Hall–Kier alpha value is -2.95. The molecule has 1 aliphatic heterocycles. The maximum atomic E-state index is 13.2. The molecule has 9 nitrogen and oxygen atoms in total. The zero-order valence-corrected chi connectivity index (χ0v) is 21.7. The van der Waals surface area contributed by atoms with Crippen LogP contribution in [0.3, 0.4) is 0 Å². The van der Waals surface area contributed by atoms with Crippen molar-refractivity contribution in [2.75, 3.05) is 52.3 Å². The highest BCUT2D eigenvalue weighted by atomic mass is 32.2. The van der Waals surface area contributed by atoms with Crippen LogP contribution in [0.1, 0.15) is 22.3 Å². The normalized spacial score (nSPS) is 14.4. The van der Waals surface area contributed by atoms with Crippen molar-refractivity contribution in [1.29, 1.82) is 0 Å². The van der Waals surface area contributed by atoms with E-state index in [1.807, 2.05) is 32.9 Å². The smallest absolute Gasteiger partial charge is 0.246 e. The van der Waals surface area contributed by atoms with Crippen LogP contribution in [0.2, 0.25) is 0 Å². The lowest BCUT2D eigenvalue weighted by Crippen LogP contribution is -2.40. The van der Waals surface area contributed by atoms with Gasteiger partial charge in [-0.25, -0.2) is 8.42 Å². The van der Waals surface area contributed by atoms with Crippen LogP contribution in [0.4, 0.5) is 5.69 Å². The highest BCUT2D eigenvalue weighted by Gasteiger charge is 2.30. The minimum Gasteiger partial charge on any atom is -0.495 e. The van der Waals surface area contributed by atoms with Crippen LogP contribution in [-0.4, -0.2) is 76.4 Å². The van der Waals surface area contributed by atoms with Crippen molar-refractivity contribution in [3.63, 3.8) is 0 Å². The van der Waals surface area contributed by atoms with Crippen molar-refractivity contribution in [1.82, 2.24) is 9.21 Å². The molecule has 0 bridgehead atoms. The van der Waals surface area contributed by atoms with Gasteiger partial charge in [0.05, 0.1) is 33.3 Å². The van der Waals surface area contributed by atoms with Gasteiger partial charge in [0.1, 0.15) is 10.6 Å². The van der Waals surface area contributed by atoms with Gasteiger partial charge in [-0.15, -0.1) is 0 Å². The zero-order valence-electron chi connectivity index (χ0n) is 20.9. The van der Waals surface area contributed by atoms with Gasteiger partial charge in [0.25, 0.3) is 0 Å². The molecular formula is C25H33N3O6S. The van der Waals surface area contributed by atoms with E-state index in [2.05, 4.69) is 5.32 Å². The molecule has 0 atom stereocenters. The second kappa shape index (κ2) is 11.2. The second-order valence-electron chi connectivity index (χ2n) is 8.75. The first kappa shape index (κ1) is 26.7. The van der Waals surface area contributed by atoms with E-state index in [4.69, 9.17) is 9.47 Å². The number of aryl methyl sites for hydroxylation is 3. The highest BCUT2D eigenvalue weighted by Crippen LogP contribution is 2.29. The number of anilines is 1. The molecule has 3 rings (SSSR count). The number of benzene rings is 2. The van der Waals surface area contributed by atoms with E-state index in [0.29, 0.717) is 18.8 Å². The highest BCUT2D eigenvalue weighted by molar-refractivity contribution is 7.89. The molecule has 10 heteroatoms. The van der Waals surface area contributed by atoms with Gasteiger partial charge in [-0.1, -0.05) is 23.8 Å². The van der Waals surface area contributed by atoms with Crippen LogP contribution in [0.15, 0.2) is 35.2 Å². The Morgan fingerprint density at radius 3 is 2.31 bits per heavy atom. The standard InChI is InChI=1S/C25H33N3O6S/c1-17-12-18(2)25(19(3)13-17)26-23(29)16-27(4)24(30)15-20-6-7-21(33-5)22(14-20)35(31,32)28-8-10-34-11-9-28/h6-7,12-14H,8-11,15-16H2,1-5H3,(H,26,29). The van der Waals surface area contributed by atoms with Gasteiger partial charge in [0.15, 0.2) is 0 Å². The number of likely N-dealkylation sites (N-methyl/N-ethyl adjacent to an activating group) is 1. The molecule has 0 spiro atoms. The van der Waals surface area contributed by atoms with Crippen molar-refractivity contribution in [3.8, 4) is 5.75 Å². The number of morpholine rings is 1. The molecule has 1 heterocycles. The number of nitrogens with zero attached hydrogens (tertiary/aromatic N) is 2. The molecule has 1 N–H and O–H groups in total. The Bertz CT molecular complexity index is 1180. The minimum atomic E-state index is -3.81. The minimum absolute atomic E-state index is 0.0120. The second-order valence-corrected chi connectivity index (χ2v) is 10.7. The molecule has 2 aromatic rings. The van der Waals surface area contributed by atoms with E-state index in [0.717, 1.165) is 22.4 Å². The largest absolute Gasteiger partial charge is 0.495 e. The Labute approximate surface area is 207 Å². The van der Waals surface area contributed by atoms with Gasteiger partial charge >= 0.3 is 0 Å². The van der Waals surface area contributed by atoms with Crippen molar-refractivity contribution in [2.24, 2.45) is 0 Å². The number of carbonyl (C=O) groups excluding carboxylic acids is 2. The molecule has 2 amide bonds. The molecule has 0 saturated carbocycles. The van der Waals surface area contributed by atoms with Crippen LogP contribution in [0.25, 0.3) is 0 Å². The quantitative estimate of drug-likeness (QED) is 0.593. The summed E-state index contributed by atoms with van der Waals surface area (Å²) in [6.07, 6.45) is -0.0536. The third kappa shape index (κ3) is 6.39. The van der Waals surface area contributed by atoms with E-state index < -0.39 is 10.0 Å². The summed E-state index contributed by atoms with van der Waals surface area (Å²) in [7, 11) is -0.856. The SMILES string of the molecule is COc1ccc(CC(=O)N(C)CC(=O)Nc2c(C)cc(C)cc2C)cc1S(=O)(=O)N1CCOCC1. The fraction of sp³-hybridized carbons (Fsp3) is 0.440. The summed E-state index contributed by atoms with van der Waals surface area (Å²) in [4.78, 5) is 26.8. The number of carbonyl (C=O) groups is 2. The van der Waals surface area contributed by atoms with Crippen LogP contribution in [0.5, 0.6) is 5.75 Å². The van der Waals surface area contributed by atoms with Crippen molar-refractivity contribution >= 4 is 27.5 Å². The van der Waals surface area contributed by atoms with Gasteiger partial charge in [-0.3, -0.25) is 9.59 Å². The predicted octanol–water partition coefficient (Wildman–Crippen LogP) is 2.28. The third-order valence-corrected chi connectivity index (χ3v) is 7.84. The number of hydrogen-bond acceptors (Lipinski definition) is 6. The van der Waals surface area contributed by atoms with E-state index >= 15 is 0 Å². The summed E-state index contributed by atoms with van der Waals surface area (Å²) in [5.74, 6) is -0.400. The molecule has 0 unspecified atom stereocenters. The molecule has 1 saturated heterocycles. The molecule has 190 valence electrons. The molecule has 2 aromatic carbocycles. The number of methoxy groups -OCH3 is 1. The Balaban J connectivity index is 1.70. The van der Waals surface area contributed by atoms with Crippen molar-refractivity contribution in [3.05, 3.63) is 52.6 Å². The van der Waals surface area contributed by atoms with Crippen LogP contribution < -0.4 is 10.1 Å². The summed E-state index contributed by atoms with van der Waals surface area (Å²) < 4.78 is 38.2. The first-order valence-corrected chi connectivity index (χ1v) is 12.8. The average molecular weight is 504 g/mol. The molecular weight excluding hydrogens is 470 g/mol. The van der Waals surface area contributed by atoms with Crippen LogP contribution in [0, 0.1) is 20.8 Å². The number of sulfonamides is 1. The fourth-order valence-corrected chi connectivity index (χ4v) is 5.74. The van der Waals surface area contributed by atoms with Gasteiger partial charge in [0, 0.05) is 25.8 Å². The maximum Gasteiger partial charge on any atom is 0.246 e. The maximum absolute atomic E-state index is 13.2. The van der Waals surface area contributed by atoms with E-state index in [9.17, 15) is 18.0 Å². The number of rotatable bonds is 8. The van der Waals surface area contributed by atoms with E-state index in [1.54, 1.807) is 19.2 Å². The van der Waals surface area contributed by atoms with Crippen LogP contribution >= 0.6 is 0 Å². The Morgan fingerprint density at radius 1 is 1.09 bits per heavy atom. The first-order valence-electron chi connectivity index (χ1n) is 11.4. The fourth-order valence-electron chi connectivity index (χ4n) is 4.13. The topological polar surface area (TPSA) is 105 Å². The molecule has 1 aliphatic rings. The van der Waals surface area contributed by atoms with Gasteiger partial charge in [-0.05, 0) is 49.6 Å². The monoisotopic (exact) mass is 503 g/mol. The molecule has 1 fully saturated rings. The number of nitrogens with one attached hydrogen (secondary N) is 1. The lowest BCUT2D eigenvalue weighted by Gasteiger charge is -2.27. The van der Waals surface area contributed by atoms with Gasteiger partial charge < -0.3 is 19.7 Å². The molecule has 0 radical (unpaired) electrons. The third-order valence-electron chi connectivity index (χ3n) is 5.92. The lowest BCUT2D eigenvalue weighted by atomic mass is 10.1. The summed E-state index contributed by atoms with van der Waals surface area (Å²) in [6, 6.07) is 8.65. The summed E-state index contributed by atoms with van der Waals surface area (Å²) in [5, 5.41) is 2.89. The van der Waals surface area contributed by atoms with Crippen molar-refractivity contribution in [2.45, 2.75) is 32.1 Å². The molecule has 35 heavy (non-hydrogen) atoms. The van der Waals surface area contributed by atoms with Crippen molar-refractivity contribution < 1.29 is 27.5 Å². The van der Waals surface area contributed by atoms with Crippen LogP contribution in [-0.2, 0) is 30.8 Å².